The topological polar surface area (TPSA) is 36.4 Å². The molecule has 2 aliphatic heterocycles. The van der Waals surface area contributed by atoms with Gasteiger partial charge in [0.05, 0.1) is 11.3 Å². The molecule has 0 radical (unpaired) electrons. The fourth-order valence-corrected chi connectivity index (χ4v) is 3.46. The number of halogens is 3. The Morgan fingerprint density at radius 3 is 2.70 bits per heavy atom. The van der Waals surface area contributed by atoms with Gasteiger partial charge in [-0.15, -0.1) is 0 Å². The number of amides is 1. The third kappa shape index (κ3) is 3.34. The molecule has 0 N–H and O–H groups in total. The summed E-state index contributed by atoms with van der Waals surface area (Å²) in [5.74, 6) is -0.214. The first-order valence-electron chi connectivity index (χ1n) is 7.94. The predicted octanol–water partition coefficient (Wildman–Crippen LogP) is 2.72. The second-order valence-corrected chi connectivity index (χ2v) is 6.26. The highest BCUT2D eigenvalue weighted by molar-refractivity contribution is 5.95. The van der Waals surface area contributed by atoms with Gasteiger partial charge in [0.2, 0.25) is 0 Å². The summed E-state index contributed by atoms with van der Waals surface area (Å²) in [6, 6.07) is 2.52. The average molecular weight is 327 g/mol. The minimum absolute atomic E-state index is 0.135. The van der Waals surface area contributed by atoms with Crippen LogP contribution < -0.4 is 0 Å². The van der Waals surface area contributed by atoms with E-state index >= 15 is 0 Å². The molecule has 3 heterocycles. The molecule has 126 valence electrons. The first kappa shape index (κ1) is 16.2. The predicted molar refractivity (Wildman–Crippen MR) is 79.1 cm³/mol. The zero-order chi connectivity index (χ0) is 16.6. The minimum atomic E-state index is -4.49. The van der Waals surface area contributed by atoms with Crippen LogP contribution in [0.25, 0.3) is 0 Å². The molecule has 3 rings (SSSR count). The molecule has 0 bridgehead atoms. The molecule has 7 heteroatoms. The number of aromatic nitrogens is 1. The van der Waals surface area contributed by atoms with E-state index in [1.807, 2.05) is 0 Å². The number of pyridine rings is 1. The van der Waals surface area contributed by atoms with Gasteiger partial charge >= 0.3 is 6.18 Å². The van der Waals surface area contributed by atoms with Gasteiger partial charge in [-0.2, -0.15) is 13.2 Å². The van der Waals surface area contributed by atoms with Crippen molar-refractivity contribution in [1.29, 1.82) is 0 Å². The van der Waals surface area contributed by atoms with Crippen LogP contribution in [0.4, 0.5) is 13.2 Å². The van der Waals surface area contributed by atoms with Crippen molar-refractivity contribution in [1.82, 2.24) is 14.8 Å². The molecular formula is C16H20F3N3O. The largest absolute Gasteiger partial charge is 0.433 e. The summed E-state index contributed by atoms with van der Waals surface area (Å²) in [6.45, 7) is 4.64. The van der Waals surface area contributed by atoms with Crippen molar-refractivity contribution in [2.24, 2.45) is 0 Å². The van der Waals surface area contributed by atoms with Gasteiger partial charge in [-0.25, -0.2) is 4.98 Å². The maximum atomic E-state index is 12.7. The van der Waals surface area contributed by atoms with E-state index in [0.29, 0.717) is 19.1 Å². The molecule has 0 aliphatic carbocycles. The Labute approximate surface area is 133 Å². The number of hydrogen-bond donors (Lipinski definition) is 0. The van der Waals surface area contributed by atoms with Crippen molar-refractivity contribution in [3.05, 3.63) is 29.1 Å². The van der Waals surface area contributed by atoms with Gasteiger partial charge in [-0.3, -0.25) is 9.69 Å². The normalized spacial score (nSPS) is 22.8. The summed E-state index contributed by atoms with van der Waals surface area (Å²) in [7, 11) is 0. The lowest BCUT2D eigenvalue weighted by Gasteiger charge is -2.44. The van der Waals surface area contributed by atoms with Crippen LogP contribution in [-0.2, 0) is 6.18 Å². The zero-order valence-corrected chi connectivity index (χ0v) is 13.1. The number of piperidine rings is 1. The van der Waals surface area contributed by atoms with Crippen LogP contribution in [0.1, 0.15) is 41.0 Å². The lowest BCUT2D eigenvalue weighted by Crippen LogP contribution is -2.56. The fraction of sp³-hybridized carbons (Fsp3) is 0.625. The third-order valence-corrected chi connectivity index (χ3v) is 4.73. The van der Waals surface area contributed by atoms with E-state index in [1.54, 1.807) is 4.90 Å². The molecule has 1 aromatic heterocycles. The van der Waals surface area contributed by atoms with Crippen LogP contribution in [0.5, 0.6) is 0 Å². The van der Waals surface area contributed by atoms with Crippen LogP contribution in [0.15, 0.2) is 12.1 Å². The molecule has 1 amide bonds. The minimum Gasteiger partial charge on any atom is -0.336 e. The van der Waals surface area contributed by atoms with Gasteiger partial charge in [0.25, 0.3) is 5.91 Å². The molecule has 0 unspecified atom stereocenters. The number of hydrogen-bond acceptors (Lipinski definition) is 3. The zero-order valence-electron chi connectivity index (χ0n) is 13.1. The highest BCUT2D eigenvalue weighted by Crippen LogP contribution is 2.29. The molecule has 4 nitrogen and oxygen atoms in total. The summed E-state index contributed by atoms with van der Waals surface area (Å²) in [5.41, 5.74) is -0.554. The third-order valence-electron chi connectivity index (χ3n) is 4.73. The summed E-state index contributed by atoms with van der Waals surface area (Å²) in [4.78, 5) is 20.4. The van der Waals surface area contributed by atoms with Crippen LogP contribution in [-0.4, -0.2) is 52.9 Å². The van der Waals surface area contributed by atoms with E-state index in [0.717, 1.165) is 25.6 Å². The van der Waals surface area contributed by atoms with E-state index in [9.17, 15) is 18.0 Å². The number of alkyl halides is 3. The van der Waals surface area contributed by atoms with E-state index in [2.05, 4.69) is 9.88 Å². The summed E-state index contributed by atoms with van der Waals surface area (Å²) in [5, 5.41) is 0. The maximum absolute atomic E-state index is 12.7. The van der Waals surface area contributed by atoms with Crippen molar-refractivity contribution in [2.45, 2.75) is 38.4 Å². The molecule has 1 atom stereocenters. The molecule has 2 saturated heterocycles. The van der Waals surface area contributed by atoms with Crippen molar-refractivity contribution < 1.29 is 18.0 Å². The Morgan fingerprint density at radius 2 is 2.00 bits per heavy atom. The molecule has 0 saturated carbocycles. The Bertz CT molecular complexity index is 603. The number of carbonyl (C=O) groups excluding carboxylic acids is 1. The van der Waals surface area contributed by atoms with Crippen LogP contribution in [0, 0.1) is 6.92 Å². The van der Waals surface area contributed by atoms with Gasteiger partial charge < -0.3 is 4.90 Å². The first-order chi connectivity index (χ1) is 10.9. The average Bonchev–Trinajstić information content (AvgIpc) is 2.53. The van der Waals surface area contributed by atoms with E-state index in [1.165, 1.54) is 25.8 Å². The van der Waals surface area contributed by atoms with Crippen molar-refractivity contribution in [3.63, 3.8) is 0 Å². The van der Waals surface area contributed by atoms with Crippen molar-refractivity contribution >= 4 is 5.91 Å². The molecule has 0 spiro atoms. The Hall–Kier alpha value is -1.63. The lowest BCUT2D eigenvalue weighted by atomic mass is 9.99. The van der Waals surface area contributed by atoms with Gasteiger partial charge in [-0.1, -0.05) is 6.42 Å². The van der Waals surface area contributed by atoms with Crippen LogP contribution >= 0.6 is 0 Å². The molecule has 2 fully saturated rings. The molecule has 0 aromatic carbocycles. The van der Waals surface area contributed by atoms with Gasteiger partial charge in [0.15, 0.2) is 0 Å². The summed E-state index contributed by atoms with van der Waals surface area (Å²) in [6.07, 6.45) is -1.04. The number of nitrogens with zero attached hydrogens (tertiary/aromatic N) is 3. The number of rotatable bonds is 1. The van der Waals surface area contributed by atoms with Gasteiger partial charge in [0, 0.05) is 25.7 Å². The Morgan fingerprint density at radius 1 is 1.22 bits per heavy atom. The smallest absolute Gasteiger partial charge is 0.336 e. The number of piperazine rings is 1. The SMILES string of the molecule is Cc1nc(C(F)(F)F)ccc1C(=O)N1CCN2CCCC[C@H]2C1. The standard InChI is InChI=1S/C16H20F3N3O/c1-11-13(5-6-14(20-11)16(17,18)19)15(23)22-9-8-21-7-3-2-4-12(21)10-22/h5-6,12H,2-4,7-10H2,1H3/t12-/m0/s1. The molecule has 1 aromatic rings. The maximum Gasteiger partial charge on any atom is 0.433 e. The second-order valence-electron chi connectivity index (χ2n) is 6.26. The second kappa shape index (κ2) is 6.11. The van der Waals surface area contributed by atoms with E-state index in [4.69, 9.17) is 0 Å². The van der Waals surface area contributed by atoms with E-state index < -0.39 is 11.9 Å². The highest BCUT2D eigenvalue weighted by Gasteiger charge is 2.35. The Kier molecular flexibility index (Phi) is 4.31. The number of fused-ring (bicyclic) bond motifs is 1. The van der Waals surface area contributed by atoms with Crippen LogP contribution in [0.3, 0.4) is 0 Å². The Balaban J connectivity index is 1.75. The van der Waals surface area contributed by atoms with E-state index in [-0.39, 0.29) is 17.2 Å². The van der Waals surface area contributed by atoms with Gasteiger partial charge in [0.1, 0.15) is 5.69 Å². The first-order valence-corrected chi connectivity index (χ1v) is 7.94. The molecule has 2 aliphatic rings. The van der Waals surface area contributed by atoms with Crippen molar-refractivity contribution in [2.75, 3.05) is 26.2 Å². The molecular weight excluding hydrogens is 307 g/mol. The fourth-order valence-electron chi connectivity index (χ4n) is 3.46. The summed E-state index contributed by atoms with van der Waals surface area (Å²) < 4.78 is 38.0. The monoisotopic (exact) mass is 327 g/mol. The number of aryl methyl sites for hydroxylation is 1. The quantitative estimate of drug-likeness (QED) is 0.796. The lowest BCUT2D eigenvalue weighted by molar-refractivity contribution is -0.141. The summed E-state index contributed by atoms with van der Waals surface area (Å²) >= 11 is 0. The van der Waals surface area contributed by atoms with Crippen LogP contribution in [0.2, 0.25) is 0 Å². The molecule has 23 heavy (non-hydrogen) atoms. The van der Waals surface area contributed by atoms with Gasteiger partial charge in [-0.05, 0) is 38.4 Å². The van der Waals surface area contributed by atoms with Crippen molar-refractivity contribution in [3.8, 4) is 0 Å². The highest BCUT2D eigenvalue weighted by atomic mass is 19.4. The number of carbonyl (C=O) groups is 1.